The normalized spacial score (nSPS) is 11.8. The van der Waals surface area contributed by atoms with Gasteiger partial charge in [-0.25, -0.2) is 13.4 Å². The molecule has 0 aliphatic rings. The van der Waals surface area contributed by atoms with Gasteiger partial charge in [-0.15, -0.1) is 10.2 Å². The molecule has 0 aliphatic heterocycles. The van der Waals surface area contributed by atoms with Crippen molar-refractivity contribution in [1.29, 1.82) is 0 Å². The summed E-state index contributed by atoms with van der Waals surface area (Å²) in [5, 5.41) is 11.1. The van der Waals surface area contributed by atoms with Gasteiger partial charge in [0, 0.05) is 17.7 Å². The van der Waals surface area contributed by atoms with Gasteiger partial charge in [0.2, 0.25) is 5.89 Å². The molecule has 0 radical (unpaired) electrons. The molecular formula is C24H24ClN5O3S. The third-order valence-electron chi connectivity index (χ3n) is 5.33. The highest BCUT2D eigenvalue weighted by atomic mass is 35.5. The van der Waals surface area contributed by atoms with Crippen molar-refractivity contribution in [3.8, 4) is 34.3 Å². The Morgan fingerprint density at radius 3 is 2.41 bits per heavy atom. The van der Waals surface area contributed by atoms with Crippen LogP contribution in [0.15, 0.2) is 58.0 Å². The van der Waals surface area contributed by atoms with E-state index < -0.39 is 15.1 Å². The monoisotopic (exact) mass is 497 g/mol. The average molecular weight is 498 g/mol. The summed E-state index contributed by atoms with van der Waals surface area (Å²) < 4.78 is 30.8. The summed E-state index contributed by atoms with van der Waals surface area (Å²) in [6.07, 6.45) is 1.58. The van der Waals surface area contributed by atoms with Crippen molar-refractivity contribution in [2.75, 3.05) is 7.05 Å². The van der Waals surface area contributed by atoms with Crippen LogP contribution in [0.4, 0.5) is 0 Å². The molecule has 4 aromatic rings. The summed E-state index contributed by atoms with van der Waals surface area (Å²) in [6.45, 7) is 5.82. The highest BCUT2D eigenvalue weighted by Gasteiger charge is 2.22. The number of halogens is 1. The fourth-order valence-electron chi connectivity index (χ4n) is 3.34. The molecule has 0 aliphatic carbocycles. The molecule has 0 fully saturated rings. The first-order valence-corrected chi connectivity index (χ1v) is 12.6. The highest BCUT2D eigenvalue weighted by Crippen LogP contribution is 2.32. The van der Waals surface area contributed by atoms with Crippen LogP contribution >= 0.6 is 11.6 Å². The Bertz CT molecular complexity index is 1430. The summed E-state index contributed by atoms with van der Waals surface area (Å²) in [5.74, 6) is 0.607. The van der Waals surface area contributed by atoms with Gasteiger partial charge >= 0.3 is 0 Å². The molecule has 0 unspecified atom stereocenters. The van der Waals surface area contributed by atoms with Crippen LogP contribution in [0.1, 0.15) is 25.1 Å². The van der Waals surface area contributed by atoms with E-state index in [4.69, 9.17) is 16.0 Å². The first-order valence-electron chi connectivity index (χ1n) is 10.7. The summed E-state index contributed by atoms with van der Waals surface area (Å²) in [7, 11) is -1.55. The highest BCUT2D eigenvalue weighted by molar-refractivity contribution is 7.92. The van der Waals surface area contributed by atoms with Crippen molar-refractivity contribution in [2.45, 2.75) is 37.5 Å². The van der Waals surface area contributed by atoms with Crippen LogP contribution in [0.25, 0.3) is 34.3 Å². The van der Waals surface area contributed by atoms with Crippen LogP contribution in [0.3, 0.4) is 0 Å². The van der Waals surface area contributed by atoms with Gasteiger partial charge in [0.05, 0.1) is 32.8 Å². The minimum atomic E-state index is -3.44. The molecule has 2 aromatic heterocycles. The largest absolute Gasteiger partial charge is 0.415 e. The van der Waals surface area contributed by atoms with Crippen LogP contribution in [0.2, 0.25) is 5.02 Å². The van der Waals surface area contributed by atoms with E-state index in [0.717, 1.165) is 17.7 Å². The molecule has 0 atom stereocenters. The Balaban J connectivity index is 1.67. The van der Waals surface area contributed by atoms with Crippen LogP contribution in [0, 0.1) is 6.92 Å². The van der Waals surface area contributed by atoms with Gasteiger partial charge in [-0.1, -0.05) is 23.7 Å². The number of aryl methyl sites for hydroxylation is 1. The van der Waals surface area contributed by atoms with E-state index in [1.165, 1.54) is 12.1 Å². The zero-order chi connectivity index (χ0) is 24.5. The lowest BCUT2D eigenvalue weighted by Gasteiger charge is -2.11. The van der Waals surface area contributed by atoms with Gasteiger partial charge in [0.15, 0.2) is 9.84 Å². The molecule has 4 rings (SSSR count). The van der Waals surface area contributed by atoms with E-state index in [1.807, 2.05) is 31.3 Å². The van der Waals surface area contributed by atoms with E-state index in [-0.39, 0.29) is 15.8 Å². The molecule has 0 amide bonds. The maximum Gasteiger partial charge on any atom is 0.268 e. The molecule has 176 valence electrons. The molecule has 0 saturated heterocycles. The first-order chi connectivity index (χ1) is 16.2. The second kappa shape index (κ2) is 9.61. The molecule has 0 bridgehead atoms. The SMILES string of the molecule is CNCc1ccc(-c2nnc(-c3nc(-c4ccc(S(=O)(=O)C(C)C)cc4Cl)cnc3C)o2)cc1. The number of benzene rings is 2. The molecule has 8 nitrogen and oxygen atoms in total. The number of nitrogens with one attached hydrogen (secondary N) is 1. The van der Waals surface area contributed by atoms with Gasteiger partial charge < -0.3 is 9.73 Å². The number of hydrogen-bond acceptors (Lipinski definition) is 8. The standard InChI is InChI=1S/C24H24ClN5O3S/c1-14(2)34(31,32)18-9-10-19(20(25)11-18)21-13-27-15(3)22(28-21)24-30-29-23(33-24)17-7-5-16(6-8-17)12-26-4/h5-11,13-14,26H,12H2,1-4H3. The van der Waals surface area contributed by atoms with Crippen molar-refractivity contribution in [3.63, 3.8) is 0 Å². The van der Waals surface area contributed by atoms with E-state index in [1.54, 1.807) is 33.0 Å². The smallest absolute Gasteiger partial charge is 0.268 e. The lowest BCUT2D eigenvalue weighted by molar-refractivity contribution is 0.581. The Morgan fingerprint density at radius 2 is 1.76 bits per heavy atom. The van der Waals surface area contributed by atoms with Gasteiger partial charge in [-0.05, 0) is 63.7 Å². The van der Waals surface area contributed by atoms with Crippen LogP contribution in [-0.2, 0) is 16.4 Å². The van der Waals surface area contributed by atoms with Crippen LogP contribution < -0.4 is 5.32 Å². The summed E-state index contributed by atoms with van der Waals surface area (Å²) in [4.78, 5) is 9.22. The predicted molar refractivity (Wildman–Crippen MR) is 131 cm³/mol. The van der Waals surface area contributed by atoms with Crippen LogP contribution in [-0.4, -0.2) is 40.9 Å². The number of hydrogen-bond donors (Lipinski definition) is 1. The maximum absolute atomic E-state index is 12.5. The van der Waals surface area contributed by atoms with Gasteiger partial charge in [0.1, 0.15) is 5.69 Å². The number of sulfone groups is 1. The minimum absolute atomic E-state index is 0.166. The number of aromatic nitrogens is 4. The van der Waals surface area contributed by atoms with E-state index in [0.29, 0.717) is 28.5 Å². The van der Waals surface area contributed by atoms with E-state index in [2.05, 4.69) is 25.5 Å². The summed E-state index contributed by atoms with van der Waals surface area (Å²) >= 11 is 6.44. The van der Waals surface area contributed by atoms with Crippen LogP contribution in [0.5, 0.6) is 0 Å². The molecule has 34 heavy (non-hydrogen) atoms. The fourth-order valence-corrected chi connectivity index (χ4v) is 4.77. The summed E-state index contributed by atoms with van der Waals surface area (Å²) in [6, 6.07) is 12.4. The fraction of sp³-hybridized carbons (Fsp3) is 0.250. The number of rotatable bonds is 7. The molecular weight excluding hydrogens is 474 g/mol. The van der Waals surface area contributed by atoms with Crippen molar-refractivity contribution < 1.29 is 12.8 Å². The third kappa shape index (κ3) is 4.72. The zero-order valence-electron chi connectivity index (χ0n) is 19.2. The topological polar surface area (TPSA) is 111 Å². The molecule has 2 aromatic carbocycles. The number of nitrogens with zero attached hydrogens (tertiary/aromatic N) is 4. The average Bonchev–Trinajstić information content (AvgIpc) is 3.30. The maximum atomic E-state index is 12.5. The first kappa shape index (κ1) is 24.0. The van der Waals surface area contributed by atoms with E-state index >= 15 is 0 Å². The van der Waals surface area contributed by atoms with Crippen molar-refractivity contribution >= 4 is 21.4 Å². The lowest BCUT2D eigenvalue weighted by Crippen LogP contribution is -2.13. The Morgan fingerprint density at radius 1 is 1.06 bits per heavy atom. The lowest BCUT2D eigenvalue weighted by atomic mass is 10.1. The van der Waals surface area contributed by atoms with Gasteiger partial charge in [-0.3, -0.25) is 4.98 Å². The predicted octanol–water partition coefficient (Wildman–Crippen LogP) is 4.72. The minimum Gasteiger partial charge on any atom is -0.415 e. The molecule has 10 heteroatoms. The van der Waals surface area contributed by atoms with Crippen molar-refractivity contribution in [2.24, 2.45) is 0 Å². The quantitative estimate of drug-likeness (QED) is 0.390. The van der Waals surface area contributed by atoms with E-state index in [9.17, 15) is 8.42 Å². The molecule has 2 heterocycles. The second-order valence-electron chi connectivity index (χ2n) is 8.06. The Kier molecular flexibility index (Phi) is 6.79. The van der Waals surface area contributed by atoms with Crippen molar-refractivity contribution in [3.05, 3.63) is 64.9 Å². The molecule has 0 saturated carbocycles. The molecule has 1 N–H and O–H groups in total. The Hall–Kier alpha value is -3.14. The van der Waals surface area contributed by atoms with Gasteiger partial charge in [-0.2, -0.15) is 0 Å². The zero-order valence-corrected chi connectivity index (χ0v) is 20.8. The second-order valence-corrected chi connectivity index (χ2v) is 11.0. The van der Waals surface area contributed by atoms with Crippen molar-refractivity contribution in [1.82, 2.24) is 25.5 Å². The third-order valence-corrected chi connectivity index (χ3v) is 7.80. The summed E-state index contributed by atoms with van der Waals surface area (Å²) in [5.41, 5.74) is 4.00. The Labute approximate surface area is 203 Å². The van der Waals surface area contributed by atoms with Gasteiger partial charge in [0.25, 0.3) is 5.89 Å². The molecule has 0 spiro atoms.